The highest BCUT2D eigenvalue weighted by Gasteiger charge is 2.30. The molecule has 0 radical (unpaired) electrons. The summed E-state index contributed by atoms with van der Waals surface area (Å²) in [5.74, 6) is -0.239. The van der Waals surface area contributed by atoms with E-state index in [1.165, 1.54) is 0 Å². The third-order valence-electron chi connectivity index (χ3n) is 6.33. The molecule has 2 aliphatic rings. The number of piperazine rings is 1. The Morgan fingerprint density at radius 3 is 2.06 bits per heavy atom. The average molecular weight is 465 g/mol. The molecule has 8 nitrogen and oxygen atoms in total. The molecule has 2 aromatic rings. The molecule has 3 amide bonds. The van der Waals surface area contributed by atoms with Crippen molar-refractivity contribution in [2.45, 2.75) is 12.5 Å². The number of nitrogens with one attached hydrogen (secondary N) is 1. The smallest absolute Gasteiger partial charge is 0.251 e. The van der Waals surface area contributed by atoms with Crippen LogP contribution in [0.2, 0.25) is 0 Å². The normalized spacial score (nSPS) is 17.8. The van der Waals surface area contributed by atoms with Crippen LogP contribution in [0, 0.1) is 0 Å². The van der Waals surface area contributed by atoms with Crippen molar-refractivity contribution in [3.8, 4) is 0 Å². The van der Waals surface area contributed by atoms with E-state index in [4.69, 9.17) is 4.74 Å². The van der Waals surface area contributed by atoms with Gasteiger partial charge in [-0.1, -0.05) is 48.5 Å². The number of benzene rings is 2. The largest absolute Gasteiger partial charge is 0.378 e. The van der Waals surface area contributed by atoms with Crippen LogP contribution in [0.3, 0.4) is 0 Å². The van der Waals surface area contributed by atoms with Gasteiger partial charge in [0.15, 0.2) is 0 Å². The molecule has 1 unspecified atom stereocenters. The van der Waals surface area contributed by atoms with Gasteiger partial charge in [0.2, 0.25) is 11.8 Å². The van der Waals surface area contributed by atoms with Crippen molar-refractivity contribution < 1.29 is 19.1 Å². The summed E-state index contributed by atoms with van der Waals surface area (Å²) < 4.78 is 5.32. The standard InChI is InChI=1S/C26H32N4O4/c31-24(29-15-17-34-18-16-29)20-28-11-13-30(14-12-28)26(33)23(19-21-7-3-1-4-8-21)27-25(32)22-9-5-2-6-10-22/h1-10,23H,11-20H2,(H,27,32). The van der Waals surface area contributed by atoms with E-state index in [1.54, 1.807) is 29.2 Å². The molecule has 0 aromatic heterocycles. The molecular formula is C26H32N4O4. The Labute approximate surface area is 200 Å². The maximum absolute atomic E-state index is 13.4. The van der Waals surface area contributed by atoms with Crippen molar-refractivity contribution in [1.82, 2.24) is 20.0 Å². The molecular weight excluding hydrogens is 432 g/mol. The van der Waals surface area contributed by atoms with Gasteiger partial charge in [-0.05, 0) is 17.7 Å². The summed E-state index contributed by atoms with van der Waals surface area (Å²) in [4.78, 5) is 44.6. The molecule has 0 bridgehead atoms. The van der Waals surface area contributed by atoms with Gasteiger partial charge in [0.05, 0.1) is 19.8 Å². The van der Waals surface area contributed by atoms with Gasteiger partial charge in [-0.15, -0.1) is 0 Å². The predicted molar refractivity (Wildman–Crippen MR) is 128 cm³/mol. The second kappa shape index (κ2) is 11.8. The number of nitrogens with zero attached hydrogens (tertiary/aromatic N) is 3. The molecule has 0 saturated carbocycles. The Kier molecular flexibility index (Phi) is 8.27. The molecule has 4 rings (SSSR count). The molecule has 34 heavy (non-hydrogen) atoms. The van der Waals surface area contributed by atoms with Gasteiger partial charge in [-0.3, -0.25) is 19.3 Å². The summed E-state index contributed by atoms with van der Waals surface area (Å²) in [6.45, 7) is 5.14. The molecule has 2 heterocycles. The highest BCUT2D eigenvalue weighted by Crippen LogP contribution is 2.11. The molecule has 1 atom stereocenters. The van der Waals surface area contributed by atoms with E-state index in [2.05, 4.69) is 10.2 Å². The number of ether oxygens (including phenoxy) is 1. The fourth-order valence-electron chi connectivity index (χ4n) is 4.33. The lowest BCUT2D eigenvalue weighted by Crippen LogP contribution is -2.57. The van der Waals surface area contributed by atoms with Gasteiger partial charge in [0.1, 0.15) is 6.04 Å². The first kappa shape index (κ1) is 23.9. The van der Waals surface area contributed by atoms with Crippen molar-refractivity contribution in [2.75, 3.05) is 59.0 Å². The quantitative estimate of drug-likeness (QED) is 0.662. The molecule has 1 N–H and O–H groups in total. The number of carbonyl (C=O) groups is 3. The maximum Gasteiger partial charge on any atom is 0.251 e. The van der Waals surface area contributed by atoms with E-state index in [0.717, 1.165) is 5.56 Å². The third-order valence-corrected chi connectivity index (χ3v) is 6.33. The van der Waals surface area contributed by atoms with Crippen molar-refractivity contribution in [1.29, 1.82) is 0 Å². The summed E-state index contributed by atoms with van der Waals surface area (Å²) >= 11 is 0. The van der Waals surface area contributed by atoms with Gasteiger partial charge < -0.3 is 19.9 Å². The predicted octanol–water partition coefficient (Wildman–Crippen LogP) is 1.03. The van der Waals surface area contributed by atoms with Crippen LogP contribution < -0.4 is 5.32 Å². The Hall–Kier alpha value is -3.23. The second-order valence-corrected chi connectivity index (χ2v) is 8.68. The number of amides is 3. The fourth-order valence-corrected chi connectivity index (χ4v) is 4.33. The number of carbonyl (C=O) groups excluding carboxylic acids is 3. The second-order valence-electron chi connectivity index (χ2n) is 8.68. The summed E-state index contributed by atoms with van der Waals surface area (Å²) in [6, 6.07) is 18.0. The minimum absolute atomic E-state index is 0.0905. The Balaban J connectivity index is 1.36. The summed E-state index contributed by atoms with van der Waals surface area (Å²) in [6.07, 6.45) is 0.425. The number of hydrogen-bond donors (Lipinski definition) is 1. The maximum atomic E-state index is 13.4. The van der Waals surface area contributed by atoms with Crippen LogP contribution >= 0.6 is 0 Å². The van der Waals surface area contributed by atoms with Crippen LogP contribution in [0.15, 0.2) is 60.7 Å². The number of hydrogen-bond acceptors (Lipinski definition) is 5. The Morgan fingerprint density at radius 1 is 0.794 bits per heavy atom. The van der Waals surface area contributed by atoms with Gasteiger partial charge in [-0.25, -0.2) is 0 Å². The average Bonchev–Trinajstić information content (AvgIpc) is 2.90. The van der Waals surface area contributed by atoms with Crippen LogP contribution in [0.4, 0.5) is 0 Å². The Bertz CT molecular complexity index is 955. The van der Waals surface area contributed by atoms with Crippen molar-refractivity contribution in [3.63, 3.8) is 0 Å². The number of morpholine rings is 1. The van der Waals surface area contributed by atoms with Crippen LogP contribution in [0.25, 0.3) is 0 Å². The van der Waals surface area contributed by atoms with E-state index in [1.807, 2.05) is 41.3 Å². The molecule has 0 aliphatic carbocycles. The van der Waals surface area contributed by atoms with Gasteiger partial charge in [-0.2, -0.15) is 0 Å². The third kappa shape index (κ3) is 6.42. The van der Waals surface area contributed by atoms with Crippen molar-refractivity contribution >= 4 is 17.7 Å². The van der Waals surface area contributed by atoms with Gasteiger partial charge >= 0.3 is 0 Å². The molecule has 2 aliphatic heterocycles. The zero-order chi connectivity index (χ0) is 23.8. The van der Waals surface area contributed by atoms with Crippen molar-refractivity contribution in [2.24, 2.45) is 0 Å². The fraction of sp³-hybridized carbons (Fsp3) is 0.423. The van der Waals surface area contributed by atoms with Gasteiger partial charge in [0, 0.05) is 51.3 Å². The number of rotatable bonds is 7. The van der Waals surface area contributed by atoms with Gasteiger partial charge in [0.25, 0.3) is 5.91 Å². The molecule has 180 valence electrons. The van der Waals surface area contributed by atoms with Crippen LogP contribution in [0.5, 0.6) is 0 Å². The first-order valence-corrected chi connectivity index (χ1v) is 11.9. The lowest BCUT2D eigenvalue weighted by atomic mass is 10.0. The Morgan fingerprint density at radius 2 is 1.41 bits per heavy atom. The van der Waals surface area contributed by atoms with E-state index in [-0.39, 0.29) is 17.7 Å². The highest BCUT2D eigenvalue weighted by atomic mass is 16.5. The topological polar surface area (TPSA) is 82.2 Å². The van der Waals surface area contributed by atoms with Crippen molar-refractivity contribution in [3.05, 3.63) is 71.8 Å². The molecule has 8 heteroatoms. The van der Waals surface area contributed by atoms with Crippen LogP contribution in [0.1, 0.15) is 15.9 Å². The minimum Gasteiger partial charge on any atom is -0.378 e. The van der Waals surface area contributed by atoms with E-state index in [9.17, 15) is 14.4 Å². The summed E-state index contributed by atoms with van der Waals surface area (Å²) in [7, 11) is 0. The van der Waals surface area contributed by atoms with E-state index in [0.29, 0.717) is 71.0 Å². The van der Waals surface area contributed by atoms with E-state index >= 15 is 0 Å². The SMILES string of the molecule is O=C(NC(Cc1ccccc1)C(=O)N1CCN(CC(=O)N2CCOCC2)CC1)c1ccccc1. The zero-order valence-electron chi connectivity index (χ0n) is 19.4. The highest BCUT2D eigenvalue weighted by molar-refractivity contribution is 5.97. The lowest BCUT2D eigenvalue weighted by Gasteiger charge is -2.37. The first-order valence-electron chi connectivity index (χ1n) is 11.9. The molecule has 2 fully saturated rings. The monoisotopic (exact) mass is 464 g/mol. The minimum atomic E-state index is -0.656. The summed E-state index contributed by atoms with van der Waals surface area (Å²) in [5.41, 5.74) is 1.52. The molecule has 2 aromatic carbocycles. The lowest BCUT2D eigenvalue weighted by molar-refractivity contribution is -0.138. The molecule has 2 saturated heterocycles. The van der Waals surface area contributed by atoms with Crippen LogP contribution in [-0.4, -0.2) is 97.5 Å². The van der Waals surface area contributed by atoms with Crippen LogP contribution in [-0.2, 0) is 20.7 Å². The molecule has 0 spiro atoms. The zero-order valence-corrected chi connectivity index (χ0v) is 19.4. The van der Waals surface area contributed by atoms with E-state index < -0.39 is 6.04 Å². The first-order chi connectivity index (χ1) is 16.6. The summed E-state index contributed by atoms with van der Waals surface area (Å²) in [5, 5.41) is 2.95.